The first-order valence-electron chi connectivity index (χ1n) is 6.60. The summed E-state index contributed by atoms with van der Waals surface area (Å²) in [5, 5.41) is 16.4. The lowest BCUT2D eigenvalue weighted by Gasteiger charge is -2.48. The van der Waals surface area contributed by atoms with E-state index in [0.717, 1.165) is 13.3 Å². The van der Waals surface area contributed by atoms with Crippen LogP contribution in [-0.2, 0) is 4.79 Å². The maximum atomic E-state index is 9.01. The number of aliphatic hydroxyl groups is 1. The fourth-order valence-corrected chi connectivity index (χ4v) is 39.5. The first kappa shape index (κ1) is 20.4. The fraction of sp³-hybridized carbons (Fsp3) is 0.917. The summed E-state index contributed by atoms with van der Waals surface area (Å²) in [7, 11) is -3.04. The first-order valence-corrected chi connectivity index (χ1v) is 18.3. The number of aliphatic carboxylic acids is 1. The molecule has 0 atom stereocenters. The van der Waals surface area contributed by atoms with Gasteiger partial charge in [0.15, 0.2) is 0 Å². The number of carboxylic acid groups (broad SMARTS) is 1. The van der Waals surface area contributed by atoms with Crippen LogP contribution in [0.15, 0.2) is 0 Å². The van der Waals surface area contributed by atoms with Gasteiger partial charge in [-0.25, -0.2) is 0 Å². The highest BCUT2D eigenvalue weighted by Gasteiger charge is 2.49. The summed E-state index contributed by atoms with van der Waals surface area (Å²) in [5.41, 5.74) is 0. The van der Waals surface area contributed by atoms with Gasteiger partial charge in [-0.2, -0.15) is 0 Å². The van der Waals surface area contributed by atoms with Crippen molar-refractivity contribution in [3.05, 3.63) is 0 Å². The predicted octanol–water partition coefficient (Wildman–Crippen LogP) is 3.37. The maximum Gasteiger partial charge on any atom is 0.300 e. The molecule has 0 aromatic carbocycles. The molecule has 0 bridgehead atoms. The molecule has 0 rings (SSSR count). The van der Waals surface area contributed by atoms with E-state index in [0.29, 0.717) is 6.61 Å². The van der Waals surface area contributed by atoms with E-state index < -0.39 is 28.3 Å². The summed E-state index contributed by atoms with van der Waals surface area (Å²) < 4.78 is 0. The van der Waals surface area contributed by atoms with Crippen LogP contribution in [0.25, 0.3) is 0 Å². The van der Waals surface area contributed by atoms with Gasteiger partial charge in [0.2, 0.25) is 0 Å². The molecule has 0 aliphatic rings. The van der Waals surface area contributed by atoms with Crippen LogP contribution in [0.2, 0.25) is 51.9 Å². The van der Waals surface area contributed by atoms with Gasteiger partial charge in [0.05, 0.1) is 0 Å². The Hall–Kier alpha value is 0.0806. The minimum absolute atomic E-state index is 0.386. The van der Waals surface area contributed by atoms with Crippen molar-refractivity contribution in [1.82, 2.24) is 0 Å². The van der Waals surface area contributed by atoms with Crippen molar-refractivity contribution in [3.8, 4) is 0 Å². The van der Waals surface area contributed by atoms with Crippen LogP contribution in [0.1, 0.15) is 13.3 Å². The number of hydrogen-bond acceptors (Lipinski definition) is 2. The Kier molecular flexibility index (Phi) is 8.63. The third-order valence-electron chi connectivity index (χ3n) is 4.15. The highest BCUT2D eigenvalue weighted by atomic mass is 29.6. The van der Waals surface area contributed by atoms with Gasteiger partial charge in [0.1, 0.15) is 0 Å². The van der Waals surface area contributed by atoms with Gasteiger partial charge in [0, 0.05) is 35.8 Å². The van der Waals surface area contributed by atoms with E-state index in [1.807, 2.05) is 0 Å². The van der Waals surface area contributed by atoms with Crippen LogP contribution in [0.4, 0.5) is 0 Å². The molecule has 110 valence electrons. The highest BCUT2D eigenvalue weighted by Crippen LogP contribution is 2.33. The Balaban J connectivity index is 0. The van der Waals surface area contributed by atoms with Gasteiger partial charge in [-0.1, -0.05) is 51.9 Å². The zero-order valence-electron chi connectivity index (χ0n) is 13.4. The average molecular weight is 309 g/mol. The standard InChI is InChI=1S/C10H28OSi3.C2H4O2/c1-12(2,3)14(7,10-8-9-11)13(4,5)6;1-2(3)4/h11H,8-10H2,1-7H3;1H3,(H,3,4). The second kappa shape index (κ2) is 7.62. The van der Waals surface area contributed by atoms with Gasteiger partial charge < -0.3 is 10.2 Å². The molecule has 0 heterocycles. The van der Waals surface area contributed by atoms with E-state index >= 15 is 0 Å². The maximum absolute atomic E-state index is 9.01. The molecule has 0 saturated heterocycles. The quantitative estimate of drug-likeness (QED) is 0.766. The van der Waals surface area contributed by atoms with Gasteiger partial charge in [-0.3, -0.25) is 4.79 Å². The Labute approximate surface area is 115 Å². The van der Waals surface area contributed by atoms with Gasteiger partial charge in [-0.15, -0.1) is 0 Å². The van der Waals surface area contributed by atoms with Crippen molar-refractivity contribution in [2.45, 2.75) is 65.2 Å². The predicted molar refractivity (Wildman–Crippen MR) is 88.1 cm³/mol. The van der Waals surface area contributed by atoms with Crippen LogP contribution < -0.4 is 0 Å². The Morgan fingerprint density at radius 3 is 1.39 bits per heavy atom. The summed E-state index contributed by atoms with van der Waals surface area (Å²) in [4.78, 5) is 9.00. The number of carboxylic acids is 1. The van der Waals surface area contributed by atoms with Crippen LogP contribution in [0, 0.1) is 0 Å². The van der Waals surface area contributed by atoms with Crippen molar-refractivity contribution < 1.29 is 15.0 Å². The second-order valence-corrected chi connectivity index (χ2v) is 36.5. The molecular weight excluding hydrogens is 276 g/mol. The molecule has 0 aliphatic heterocycles. The fourth-order valence-electron chi connectivity index (χ4n) is 2.31. The lowest BCUT2D eigenvalue weighted by atomic mass is 10.5. The molecule has 0 aromatic rings. The molecule has 0 aliphatic carbocycles. The molecule has 0 spiro atoms. The molecule has 3 nitrogen and oxygen atoms in total. The smallest absolute Gasteiger partial charge is 0.300 e. The number of carbonyl (C=O) groups is 1. The Morgan fingerprint density at radius 1 is 0.944 bits per heavy atom. The number of aliphatic hydroxyl groups excluding tert-OH is 1. The van der Waals surface area contributed by atoms with Gasteiger partial charge in [-0.05, 0) is 6.42 Å². The van der Waals surface area contributed by atoms with Crippen molar-refractivity contribution in [3.63, 3.8) is 0 Å². The zero-order valence-corrected chi connectivity index (χ0v) is 16.4. The van der Waals surface area contributed by atoms with Gasteiger partial charge >= 0.3 is 0 Å². The van der Waals surface area contributed by atoms with Crippen molar-refractivity contribution >= 4 is 28.3 Å². The molecule has 2 N–H and O–H groups in total. The Morgan fingerprint density at radius 2 is 1.22 bits per heavy atom. The van der Waals surface area contributed by atoms with E-state index in [1.54, 1.807) is 0 Å². The van der Waals surface area contributed by atoms with Crippen LogP contribution >= 0.6 is 0 Å². The molecule has 6 heteroatoms. The molecule has 18 heavy (non-hydrogen) atoms. The molecule has 0 radical (unpaired) electrons. The van der Waals surface area contributed by atoms with E-state index in [-0.39, 0.29) is 0 Å². The summed E-state index contributed by atoms with van der Waals surface area (Å²) in [6, 6.07) is 1.36. The first-order chi connectivity index (χ1) is 7.79. The SMILES string of the molecule is CC(=O)O.C[Si](C)(C)[Si](C)(CCCO)[Si](C)(C)C. The molecule has 0 aromatic heterocycles. The third-order valence-corrected chi connectivity index (χ3v) is 47.0. The van der Waals surface area contributed by atoms with E-state index in [4.69, 9.17) is 15.0 Å². The van der Waals surface area contributed by atoms with Crippen molar-refractivity contribution in [2.24, 2.45) is 0 Å². The molecule has 0 amide bonds. The van der Waals surface area contributed by atoms with Crippen LogP contribution in [-0.4, -0.2) is 45.1 Å². The topological polar surface area (TPSA) is 57.5 Å². The van der Waals surface area contributed by atoms with Crippen molar-refractivity contribution in [1.29, 1.82) is 0 Å². The normalized spacial score (nSPS) is 12.7. The monoisotopic (exact) mass is 308 g/mol. The highest BCUT2D eigenvalue weighted by molar-refractivity contribution is 7.68. The lowest BCUT2D eigenvalue weighted by Crippen LogP contribution is -2.69. The average Bonchev–Trinajstić information content (AvgIpc) is 2.09. The summed E-state index contributed by atoms with van der Waals surface area (Å²) in [6.45, 7) is 19.3. The third kappa shape index (κ3) is 6.87. The Bertz CT molecular complexity index is 236. The van der Waals surface area contributed by atoms with E-state index in [9.17, 15) is 0 Å². The molecular formula is C12H32O3Si3. The molecule has 0 saturated carbocycles. The summed E-state index contributed by atoms with van der Waals surface area (Å²) in [6.07, 6.45) is 1.04. The van der Waals surface area contributed by atoms with Gasteiger partial charge in [0.25, 0.3) is 5.97 Å². The van der Waals surface area contributed by atoms with E-state index in [1.165, 1.54) is 6.04 Å². The van der Waals surface area contributed by atoms with Crippen molar-refractivity contribution in [2.75, 3.05) is 6.61 Å². The second-order valence-electron chi connectivity index (χ2n) is 7.18. The minimum atomic E-state index is -1.06. The summed E-state index contributed by atoms with van der Waals surface area (Å²) in [5.74, 6) is -0.833. The lowest BCUT2D eigenvalue weighted by molar-refractivity contribution is -0.134. The molecule has 0 unspecified atom stereocenters. The number of hydrogen-bond donors (Lipinski definition) is 2. The largest absolute Gasteiger partial charge is 0.481 e. The number of rotatable bonds is 5. The molecule has 0 fully saturated rings. The summed E-state index contributed by atoms with van der Waals surface area (Å²) >= 11 is 0. The van der Waals surface area contributed by atoms with Crippen LogP contribution in [0.5, 0.6) is 0 Å². The van der Waals surface area contributed by atoms with Crippen LogP contribution in [0.3, 0.4) is 0 Å². The van der Waals surface area contributed by atoms with E-state index in [2.05, 4.69) is 45.8 Å². The minimum Gasteiger partial charge on any atom is -0.481 e. The zero-order chi connectivity index (χ0) is 15.2.